The number of carbonyl (C=O) groups excluding carboxylic acids is 1. The molecule has 2 aromatic rings. The lowest BCUT2D eigenvalue weighted by Crippen LogP contribution is -1.92. The topological polar surface area (TPSA) is 47.3 Å². The molecular weight excluding hydrogens is 222 g/mol. The zero-order chi connectivity index (χ0) is 8.55. The number of nitrogens with zero attached hydrogens (tertiary/aromatic N) is 3. The maximum Gasteiger partial charge on any atom is 0.234 e. The van der Waals surface area contributed by atoms with Crippen LogP contribution < -0.4 is 0 Å². The van der Waals surface area contributed by atoms with Crippen LogP contribution in [0.5, 0.6) is 0 Å². The van der Waals surface area contributed by atoms with E-state index >= 15 is 0 Å². The lowest BCUT2D eigenvalue weighted by atomic mass is 10.5. The van der Waals surface area contributed by atoms with Gasteiger partial charge >= 0.3 is 0 Å². The molecule has 0 unspecified atom stereocenters. The van der Waals surface area contributed by atoms with E-state index in [-0.39, 0.29) is 0 Å². The summed E-state index contributed by atoms with van der Waals surface area (Å²) in [6.45, 7) is 0. The van der Waals surface area contributed by atoms with Gasteiger partial charge in [0.05, 0.1) is 10.7 Å². The molecule has 2 heterocycles. The van der Waals surface area contributed by atoms with Crippen LogP contribution in [0.15, 0.2) is 23.1 Å². The Labute approximate surface area is 76.4 Å². The van der Waals surface area contributed by atoms with Gasteiger partial charge in [-0.1, -0.05) is 0 Å². The van der Waals surface area contributed by atoms with Crippen molar-refractivity contribution in [3.63, 3.8) is 0 Å². The molecular formula is C7H4BrN3O. The van der Waals surface area contributed by atoms with Gasteiger partial charge in [0.25, 0.3) is 0 Å². The Balaban J connectivity index is 2.83. The Kier molecular flexibility index (Phi) is 1.65. The number of aldehydes is 1. The number of rotatable bonds is 1. The van der Waals surface area contributed by atoms with E-state index in [1.165, 1.54) is 6.20 Å². The molecule has 60 valence electrons. The second kappa shape index (κ2) is 2.67. The number of aromatic nitrogens is 3. The van der Waals surface area contributed by atoms with Crippen LogP contribution in [0.25, 0.3) is 5.78 Å². The highest BCUT2D eigenvalue weighted by Crippen LogP contribution is 2.09. The third kappa shape index (κ3) is 1.02. The van der Waals surface area contributed by atoms with Crippen molar-refractivity contribution in [1.29, 1.82) is 0 Å². The molecule has 0 fully saturated rings. The smallest absolute Gasteiger partial charge is 0.234 e. The summed E-state index contributed by atoms with van der Waals surface area (Å²) in [4.78, 5) is 18.4. The molecule has 0 radical (unpaired) electrons. The third-order valence-electron chi connectivity index (χ3n) is 1.48. The third-order valence-corrected chi connectivity index (χ3v) is 1.89. The van der Waals surface area contributed by atoms with Gasteiger partial charge < -0.3 is 0 Å². The molecule has 5 heteroatoms. The van der Waals surface area contributed by atoms with E-state index in [4.69, 9.17) is 0 Å². The van der Waals surface area contributed by atoms with E-state index in [9.17, 15) is 4.79 Å². The standard InChI is InChI=1S/C7H4BrN3O/c8-5-1-9-7-10-2-6(4-12)11(7)3-5/h1-4H. The second-order valence-electron chi connectivity index (χ2n) is 2.24. The van der Waals surface area contributed by atoms with Crippen LogP contribution >= 0.6 is 15.9 Å². The van der Waals surface area contributed by atoms with Crippen LogP contribution in [-0.4, -0.2) is 20.7 Å². The summed E-state index contributed by atoms with van der Waals surface area (Å²) < 4.78 is 2.44. The van der Waals surface area contributed by atoms with Gasteiger partial charge in [-0.05, 0) is 15.9 Å². The molecule has 2 aromatic heterocycles. The van der Waals surface area contributed by atoms with Crippen molar-refractivity contribution in [3.05, 3.63) is 28.8 Å². The van der Waals surface area contributed by atoms with Gasteiger partial charge in [-0.3, -0.25) is 9.20 Å². The van der Waals surface area contributed by atoms with Gasteiger partial charge in [-0.15, -0.1) is 0 Å². The van der Waals surface area contributed by atoms with Crippen molar-refractivity contribution < 1.29 is 4.79 Å². The number of hydrogen-bond donors (Lipinski definition) is 0. The molecule has 0 N–H and O–H groups in total. The maximum atomic E-state index is 10.5. The van der Waals surface area contributed by atoms with E-state index < -0.39 is 0 Å². The van der Waals surface area contributed by atoms with Gasteiger partial charge in [0.1, 0.15) is 5.69 Å². The molecule has 0 aliphatic carbocycles. The van der Waals surface area contributed by atoms with Gasteiger partial charge in [0.15, 0.2) is 6.29 Å². The first-order valence-electron chi connectivity index (χ1n) is 3.25. The minimum atomic E-state index is 0.499. The van der Waals surface area contributed by atoms with Crippen LogP contribution in [0, 0.1) is 0 Å². The molecule has 0 aliphatic heterocycles. The molecule has 0 bridgehead atoms. The van der Waals surface area contributed by atoms with Crippen LogP contribution in [0.1, 0.15) is 10.5 Å². The lowest BCUT2D eigenvalue weighted by molar-refractivity contribution is 0.111. The normalized spacial score (nSPS) is 10.4. The fourth-order valence-corrected chi connectivity index (χ4v) is 1.26. The van der Waals surface area contributed by atoms with Crippen molar-refractivity contribution in [3.8, 4) is 0 Å². The van der Waals surface area contributed by atoms with Crippen LogP contribution in [0.3, 0.4) is 0 Å². The number of imidazole rings is 1. The van der Waals surface area contributed by atoms with Crippen LogP contribution in [0.2, 0.25) is 0 Å². The van der Waals surface area contributed by atoms with Gasteiger partial charge in [0, 0.05) is 12.4 Å². The SMILES string of the molecule is O=Cc1cnc2ncc(Br)cn12. The second-order valence-corrected chi connectivity index (χ2v) is 3.16. The molecule has 4 nitrogen and oxygen atoms in total. The van der Waals surface area contributed by atoms with Crippen molar-refractivity contribution in [2.45, 2.75) is 0 Å². The molecule has 2 rings (SSSR count). The van der Waals surface area contributed by atoms with Crippen molar-refractivity contribution in [2.24, 2.45) is 0 Å². The molecule has 0 aromatic carbocycles. The van der Waals surface area contributed by atoms with E-state index in [1.54, 1.807) is 16.8 Å². The predicted molar refractivity (Wildman–Crippen MR) is 46.1 cm³/mol. The van der Waals surface area contributed by atoms with Gasteiger partial charge in [-0.25, -0.2) is 9.97 Å². The molecule has 0 spiro atoms. The average molecular weight is 226 g/mol. The van der Waals surface area contributed by atoms with Gasteiger partial charge in [-0.2, -0.15) is 0 Å². The first kappa shape index (κ1) is 7.42. The summed E-state index contributed by atoms with van der Waals surface area (Å²) in [5.41, 5.74) is 0.499. The summed E-state index contributed by atoms with van der Waals surface area (Å²) in [6.07, 6.45) is 5.62. The number of halogens is 1. The van der Waals surface area contributed by atoms with Crippen molar-refractivity contribution in [1.82, 2.24) is 14.4 Å². The Morgan fingerprint density at radius 1 is 1.42 bits per heavy atom. The minimum absolute atomic E-state index is 0.499. The zero-order valence-corrected chi connectivity index (χ0v) is 7.52. The van der Waals surface area contributed by atoms with E-state index in [2.05, 4.69) is 25.9 Å². The fraction of sp³-hybridized carbons (Fsp3) is 0. The minimum Gasteiger partial charge on any atom is -0.296 e. The van der Waals surface area contributed by atoms with E-state index in [1.807, 2.05) is 0 Å². The summed E-state index contributed by atoms with van der Waals surface area (Å²) in [5, 5.41) is 0. The molecule has 0 aliphatic rings. The average Bonchev–Trinajstić information content (AvgIpc) is 2.46. The highest BCUT2D eigenvalue weighted by Gasteiger charge is 2.01. The molecule has 12 heavy (non-hydrogen) atoms. The summed E-state index contributed by atoms with van der Waals surface area (Å²) in [6, 6.07) is 0. The van der Waals surface area contributed by atoms with E-state index in [0.717, 1.165) is 10.8 Å². The summed E-state index contributed by atoms with van der Waals surface area (Å²) >= 11 is 3.25. The summed E-state index contributed by atoms with van der Waals surface area (Å²) in [7, 11) is 0. The monoisotopic (exact) mass is 225 g/mol. The lowest BCUT2D eigenvalue weighted by Gasteiger charge is -1.93. The molecule has 0 atom stereocenters. The Hall–Kier alpha value is -1.23. The molecule has 0 saturated heterocycles. The Morgan fingerprint density at radius 3 is 2.92 bits per heavy atom. The maximum absolute atomic E-state index is 10.5. The summed E-state index contributed by atoms with van der Waals surface area (Å²) in [5.74, 6) is 0.528. The molecule has 0 saturated carbocycles. The highest BCUT2D eigenvalue weighted by atomic mass is 79.9. The number of fused-ring (bicyclic) bond motifs is 1. The van der Waals surface area contributed by atoms with Crippen molar-refractivity contribution >= 4 is 28.0 Å². The zero-order valence-electron chi connectivity index (χ0n) is 5.94. The first-order valence-corrected chi connectivity index (χ1v) is 4.04. The van der Waals surface area contributed by atoms with E-state index in [0.29, 0.717) is 11.5 Å². The largest absolute Gasteiger partial charge is 0.296 e. The van der Waals surface area contributed by atoms with Crippen molar-refractivity contribution in [2.75, 3.05) is 0 Å². The fourth-order valence-electron chi connectivity index (χ4n) is 0.955. The number of carbonyl (C=O) groups is 1. The van der Waals surface area contributed by atoms with Crippen LogP contribution in [0.4, 0.5) is 0 Å². The van der Waals surface area contributed by atoms with Gasteiger partial charge in [0.2, 0.25) is 5.78 Å². The first-order chi connectivity index (χ1) is 5.81. The van der Waals surface area contributed by atoms with Crippen LogP contribution in [-0.2, 0) is 0 Å². The quantitative estimate of drug-likeness (QED) is 0.688. The Morgan fingerprint density at radius 2 is 2.17 bits per heavy atom. The Bertz CT molecular complexity index is 437. The molecule has 0 amide bonds. The highest BCUT2D eigenvalue weighted by molar-refractivity contribution is 9.10. The number of hydrogen-bond acceptors (Lipinski definition) is 3. The predicted octanol–water partition coefficient (Wildman–Crippen LogP) is 1.30.